The van der Waals surface area contributed by atoms with Gasteiger partial charge < -0.3 is 0 Å². The van der Waals surface area contributed by atoms with Crippen molar-refractivity contribution < 1.29 is 4.58 Å². The van der Waals surface area contributed by atoms with E-state index in [2.05, 4.69) is 129 Å². The fraction of sp³-hybridized carbons (Fsp3) is 0.107. The summed E-state index contributed by atoms with van der Waals surface area (Å²) in [6, 6.07) is 21.3. The molecule has 2 aliphatic rings. The summed E-state index contributed by atoms with van der Waals surface area (Å²) in [6.45, 7) is 2.20. The molecular formula is C28H26NS+. The van der Waals surface area contributed by atoms with Crippen LogP contribution in [0.5, 0.6) is 0 Å². The van der Waals surface area contributed by atoms with Crippen molar-refractivity contribution in [3.8, 4) is 0 Å². The zero-order chi connectivity index (χ0) is 20.9. The van der Waals surface area contributed by atoms with Gasteiger partial charge in [0.05, 0.1) is 0 Å². The van der Waals surface area contributed by atoms with Gasteiger partial charge in [-0.3, -0.25) is 0 Å². The van der Waals surface area contributed by atoms with E-state index >= 15 is 0 Å². The van der Waals surface area contributed by atoms with Gasteiger partial charge in [0, 0.05) is 22.0 Å². The van der Waals surface area contributed by atoms with Crippen molar-refractivity contribution in [3.63, 3.8) is 0 Å². The highest BCUT2D eigenvalue weighted by Gasteiger charge is 2.15. The largest absolute Gasteiger partial charge is 0.235 e. The number of allylic oxidation sites excluding steroid dienone is 10. The molecule has 4 rings (SSSR count). The van der Waals surface area contributed by atoms with Gasteiger partial charge in [-0.2, -0.15) is 0 Å². The highest BCUT2D eigenvalue weighted by Crippen LogP contribution is 2.44. The van der Waals surface area contributed by atoms with Crippen LogP contribution in [0, 0.1) is 0 Å². The SMILES string of the molecule is CC(C=C1C=CC(=[N+](C)C)C=C1)=C1C=C(c2ccccc2)SC(c2ccccc2)=C1. The number of nitrogens with zero attached hydrogens (tertiary/aromatic N) is 1. The average molecular weight is 409 g/mol. The van der Waals surface area contributed by atoms with Crippen molar-refractivity contribution in [2.24, 2.45) is 0 Å². The predicted octanol–water partition coefficient (Wildman–Crippen LogP) is 6.90. The van der Waals surface area contributed by atoms with E-state index in [1.54, 1.807) is 0 Å². The Balaban J connectivity index is 1.75. The van der Waals surface area contributed by atoms with Crippen molar-refractivity contribution in [2.45, 2.75) is 6.92 Å². The second kappa shape index (κ2) is 9.15. The molecule has 0 saturated carbocycles. The number of hydrogen-bond donors (Lipinski definition) is 0. The lowest BCUT2D eigenvalue weighted by Gasteiger charge is -2.18. The molecule has 2 aromatic carbocycles. The van der Waals surface area contributed by atoms with Gasteiger partial charge in [-0.1, -0.05) is 78.5 Å². The minimum Gasteiger partial charge on any atom is -0.235 e. The van der Waals surface area contributed by atoms with E-state index in [0.29, 0.717) is 0 Å². The Morgan fingerprint density at radius 3 is 1.70 bits per heavy atom. The predicted molar refractivity (Wildman–Crippen MR) is 133 cm³/mol. The normalized spacial score (nSPS) is 15.6. The maximum Gasteiger partial charge on any atom is 0.199 e. The second-order valence-electron chi connectivity index (χ2n) is 7.62. The lowest BCUT2D eigenvalue weighted by atomic mass is 10.0. The van der Waals surface area contributed by atoms with Gasteiger partial charge in [0.25, 0.3) is 0 Å². The van der Waals surface area contributed by atoms with Crippen LogP contribution >= 0.6 is 11.8 Å². The Morgan fingerprint density at radius 2 is 1.23 bits per heavy atom. The van der Waals surface area contributed by atoms with Crippen molar-refractivity contribution in [1.29, 1.82) is 0 Å². The molecule has 1 heterocycles. The molecule has 0 N–H and O–H groups in total. The Morgan fingerprint density at radius 1 is 0.733 bits per heavy atom. The quantitative estimate of drug-likeness (QED) is 0.499. The molecular weight excluding hydrogens is 382 g/mol. The number of benzene rings is 2. The van der Waals surface area contributed by atoms with Crippen LogP contribution in [0.1, 0.15) is 18.1 Å². The zero-order valence-corrected chi connectivity index (χ0v) is 18.5. The van der Waals surface area contributed by atoms with Gasteiger partial charge >= 0.3 is 0 Å². The molecule has 1 aliphatic heterocycles. The van der Waals surface area contributed by atoms with Gasteiger partial charge in [-0.15, -0.1) is 0 Å². The highest BCUT2D eigenvalue weighted by atomic mass is 32.2. The van der Waals surface area contributed by atoms with E-state index < -0.39 is 0 Å². The monoisotopic (exact) mass is 408 g/mol. The summed E-state index contributed by atoms with van der Waals surface area (Å²) in [5, 5.41) is 0. The van der Waals surface area contributed by atoms with E-state index in [0.717, 1.165) is 0 Å². The highest BCUT2D eigenvalue weighted by molar-refractivity contribution is 8.16. The van der Waals surface area contributed by atoms with Crippen LogP contribution in [-0.2, 0) is 0 Å². The summed E-state index contributed by atoms with van der Waals surface area (Å²) in [7, 11) is 4.13. The molecule has 0 saturated heterocycles. The van der Waals surface area contributed by atoms with Gasteiger partial charge in [0.1, 0.15) is 14.1 Å². The maximum atomic E-state index is 2.31. The standard InChI is InChI=1S/C28H26NS/c1-21(18-22-14-16-26(17-15-22)29(2)3)25-19-27(23-10-6-4-7-11-23)30-28(20-25)24-12-8-5-9-13-24/h4-20H,1-3H3/q+1. The van der Waals surface area contributed by atoms with Crippen molar-refractivity contribution in [1.82, 2.24) is 0 Å². The molecule has 2 heteroatoms. The molecule has 0 spiro atoms. The number of thioether (sulfide) groups is 1. The molecule has 148 valence electrons. The average Bonchev–Trinajstić information content (AvgIpc) is 2.80. The van der Waals surface area contributed by atoms with Crippen LogP contribution in [0.4, 0.5) is 0 Å². The third-order valence-corrected chi connectivity index (χ3v) is 6.30. The Bertz CT molecular complexity index is 1070. The molecule has 0 amide bonds. The van der Waals surface area contributed by atoms with Crippen molar-refractivity contribution in [3.05, 3.63) is 131 Å². The lowest BCUT2D eigenvalue weighted by molar-refractivity contribution is -0.462. The summed E-state index contributed by atoms with van der Waals surface area (Å²) in [5.74, 6) is 0. The summed E-state index contributed by atoms with van der Waals surface area (Å²) in [5.41, 5.74) is 7.45. The Kier molecular flexibility index (Phi) is 6.15. The Hall–Kier alpha value is -3.10. The molecule has 0 atom stereocenters. The fourth-order valence-corrected chi connectivity index (χ4v) is 4.54. The summed E-state index contributed by atoms with van der Waals surface area (Å²) in [4.78, 5) is 2.56. The number of rotatable bonds is 3. The lowest BCUT2D eigenvalue weighted by Crippen LogP contribution is -2.09. The molecule has 0 aromatic heterocycles. The summed E-state index contributed by atoms with van der Waals surface area (Å²) >= 11 is 1.84. The van der Waals surface area contributed by atoms with Gasteiger partial charge in [0.15, 0.2) is 5.71 Å². The molecule has 0 unspecified atom stereocenters. The molecule has 0 bridgehead atoms. The topological polar surface area (TPSA) is 3.01 Å². The van der Waals surface area contributed by atoms with E-state index in [1.165, 1.54) is 43.4 Å². The molecule has 1 nitrogen and oxygen atoms in total. The number of hydrogen-bond acceptors (Lipinski definition) is 1. The smallest absolute Gasteiger partial charge is 0.199 e. The van der Waals surface area contributed by atoms with E-state index in [1.807, 2.05) is 11.8 Å². The van der Waals surface area contributed by atoms with Crippen LogP contribution in [0.3, 0.4) is 0 Å². The first-order valence-corrected chi connectivity index (χ1v) is 11.0. The van der Waals surface area contributed by atoms with E-state index in [9.17, 15) is 0 Å². The third-order valence-electron chi connectivity index (χ3n) is 5.16. The van der Waals surface area contributed by atoms with Crippen LogP contribution < -0.4 is 0 Å². The molecule has 0 radical (unpaired) electrons. The van der Waals surface area contributed by atoms with Gasteiger partial charge in [0.2, 0.25) is 0 Å². The van der Waals surface area contributed by atoms with Gasteiger partial charge in [-0.05, 0) is 59.1 Å². The third kappa shape index (κ3) is 4.72. The first-order valence-electron chi connectivity index (χ1n) is 10.2. The van der Waals surface area contributed by atoms with Crippen LogP contribution in [-0.4, -0.2) is 24.4 Å². The van der Waals surface area contributed by atoms with Crippen LogP contribution in [0.15, 0.2) is 120 Å². The first-order chi connectivity index (χ1) is 14.6. The Labute approximate surface area is 183 Å². The van der Waals surface area contributed by atoms with E-state index in [4.69, 9.17) is 0 Å². The summed E-state index contributed by atoms with van der Waals surface area (Å²) in [6.07, 6.45) is 15.6. The van der Waals surface area contributed by atoms with E-state index in [-0.39, 0.29) is 0 Å². The first kappa shape index (κ1) is 20.2. The molecule has 2 aromatic rings. The van der Waals surface area contributed by atoms with Gasteiger partial charge in [-0.25, -0.2) is 4.58 Å². The molecule has 1 aliphatic carbocycles. The van der Waals surface area contributed by atoms with Crippen molar-refractivity contribution >= 4 is 27.3 Å². The second-order valence-corrected chi connectivity index (χ2v) is 8.70. The minimum atomic E-state index is 1.21. The van der Waals surface area contributed by atoms with Crippen LogP contribution in [0.2, 0.25) is 0 Å². The zero-order valence-electron chi connectivity index (χ0n) is 17.7. The fourth-order valence-electron chi connectivity index (χ4n) is 3.42. The maximum absolute atomic E-state index is 2.31. The molecule has 30 heavy (non-hydrogen) atoms. The van der Waals surface area contributed by atoms with Crippen molar-refractivity contribution in [2.75, 3.05) is 14.1 Å². The molecule has 0 fully saturated rings. The minimum absolute atomic E-state index is 1.21. The van der Waals surface area contributed by atoms with Crippen LogP contribution in [0.25, 0.3) is 9.81 Å². The summed E-state index contributed by atoms with van der Waals surface area (Å²) < 4.78 is 2.12.